The van der Waals surface area contributed by atoms with Crippen molar-refractivity contribution in [1.82, 2.24) is 4.90 Å². The summed E-state index contributed by atoms with van der Waals surface area (Å²) in [6, 6.07) is 23.6. The molecule has 0 spiro atoms. The maximum atomic E-state index is 13.2. The third-order valence-electron chi connectivity index (χ3n) is 5.57. The van der Waals surface area contributed by atoms with E-state index in [4.69, 9.17) is 14.2 Å². The molecule has 0 saturated carbocycles. The zero-order valence-electron chi connectivity index (χ0n) is 18.4. The molecule has 0 saturated heterocycles. The van der Waals surface area contributed by atoms with Crippen molar-refractivity contribution < 1.29 is 19.0 Å². The summed E-state index contributed by atoms with van der Waals surface area (Å²) in [5.74, 6) is 1.38. The lowest BCUT2D eigenvalue weighted by atomic mass is 9.99. The molecule has 0 N–H and O–H groups in total. The van der Waals surface area contributed by atoms with Crippen LogP contribution in [0.3, 0.4) is 0 Å². The van der Waals surface area contributed by atoms with Gasteiger partial charge in [-0.05, 0) is 35.3 Å². The number of rotatable bonds is 7. The maximum Gasteiger partial charge on any atom is 0.254 e. The highest BCUT2D eigenvalue weighted by Crippen LogP contribution is 2.39. The summed E-state index contributed by atoms with van der Waals surface area (Å²) >= 11 is 0. The lowest BCUT2D eigenvalue weighted by Crippen LogP contribution is -2.34. The van der Waals surface area contributed by atoms with Crippen LogP contribution in [0.4, 0.5) is 0 Å². The van der Waals surface area contributed by atoms with Crippen LogP contribution in [0.5, 0.6) is 17.2 Å². The molecule has 3 aromatic rings. The largest absolute Gasteiger partial charge is 0.493 e. The first-order chi connectivity index (χ1) is 15.7. The van der Waals surface area contributed by atoms with Crippen molar-refractivity contribution in [2.75, 3.05) is 27.3 Å². The average molecular weight is 430 g/mol. The lowest BCUT2D eigenvalue weighted by molar-refractivity contribution is 0.0772. The van der Waals surface area contributed by atoms with Crippen LogP contribution in [0.15, 0.2) is 78.9 Å². The Kier molecular flexibility index (Phi) is 6.75. The minimum absolute atomic E-state index is 0.0560. The van der Waals surface area contributed by atoms with Gasteiger partial charge in [0.25, 0.3) is 5.91 Å². The molecule has 0 aromatic heterocycles. The van der Waals surface area contributed by atoms with Gasteiger partial charge < -0.3 is 19.1 Å². The first kappa shape index (κ1) is 21.5. The molecule has 0 fully saturated rings. The van der Waals surface area contributed by atoms with E-state index in [2.05, 4.69) is 18.2 Å². The highest BCUT2D eigenvalue weighted by Gasteiger charge is 2.23. The summed E-state index contributed by atoms with van der Waals surface area (Å²) in [6.45, 7) is 1.61. The molecule has 5 nitrogen and oxygen atoms in total. The van der Waals surface area contributed by atoms with E-state index in [0.717, 1.165) is 12.0 Å². The number of amides is 1. The molecular weight excluding hydrogens is 402 g/mol. The highest BCUT2D eigenvalue weighted by molar-refractivity contribution is 5.96. The molecule has 0 aliphatic carbocycles. The van der Waals surface area contributed by atoms with Crippen LogP contribution in [0, 0.1) is 0 Å². The zero-order chi connectivity index (χ0) is 22.3. The van der Waals surface area contributed by atoms with E-state index in [-0.39, 0.29) is 5.91 Å². The summed E-state index contributed by atoms with van der Waals surface area (Å²) in [7, 11) is 3.13. The second-order valence-corrected chi connectivity index (χ2v) is 7.58. The minimum Gasteiger partial charge on any atom is -0.493 e. The van der Waals surface area contributed by atoms with Crippen LogP contribution in [0.1, 0.15) is 27.9 Å². The average Bonchev–Trinajstić information content (AvgIpc) is 2.87. The summed E-state index contributed by atoms with van der Waals surface area (Å²) in [6.07, 6.45) is 2.95. The first-order valence-electron chi connectivity index (χ1n) is 10.7. The van der Waals surface area contributed by atoms with Crippen LogP contribution in [0.25, 0.3) is 5.57 Å². The van der Waals surface area contributed by atoms with Gasteiger partial charge in [0.1, 0.15) is 6.61 Å². The number of nitrogens with zero attached hydrogens (tertiary/aromatic N) is 1. The Bertz CT molecular complexity index is 1070. The summed E-state index contributed by atoms with van der Waals surface area (Å²) in [5, 5.41) is 0. The van der Waals surface area contributed by atoms with Crippen molar-refractivity contribution in [2.45, 2.75) is 13.0 Å². The molecule has 1 amide bonds. The van der Waals surface area contributed by atoms with E-state index in [1.807, 2.05) is 53.4 Å². The second kappa shape index (κ2) is 10.1. The third-order valence-corrected chi connectivity index (χ3v) is 5.57. The van der Waals surface area contributed by atoms with Crippen molar-refractivity contribution in [3.63, 3.8) is 0 Å². The molecule has 32 heavy (non-hydrogen) atoms. The summed E-state index contributed by atoms with van der Waals surface area (Å²) in [5.41, 5.74) is 4.03. The Balaban J connectivity index is 1.52. The van der Waals surface area contributed by atoms with Crippen molar-refractivity contribution in [1.29, 1.82) is 0 Å². The van der Waals surface area contributed by atoms with E-state index in [1.165, 1.54) is 11.1 Å². The van der Waals surface area contributed by atoms with Gasteiger partial charge in [0, 0.05) is 18.7 Å². The molecule has 1 aliphatic rings. The van der Waals surface area contributed by atoms with Gasteiger partial charge in [-0.15, -0.1) is 0 Å². The van der Waals surface area contributed by atoms with Crippen LogP contribution in [-0.2, 0) is 6.61 Å². The molecular formula is C27H27NO4. The summed E-state index contributed by atoms with van der Waals surface area (Å²) in [4.78, 5) is 15.1. The van der Waals surface area contributed by atoms with Gasteiger partial charge in [-0.25, -0.2) is 0 Å². The molecule has 4 rings (SSSR count). The monoisotopic (exact) mass is 429 g/mol. The Labute approximate surface area is 188 Å². The fourth-order valence-electron chi connectivity index (χ4n) is 3.83. The van der Waals surface area contributed by atoms with Crippen molar-refractivity contribution in [2.24, 2.45) is 0 Å². The van der Waals surface area contributed by atoms with Crippen molar-refractivity contribution >= 4 is 11.5 Å². The molecule has 3 aromatic carbocycles. The highest BCUT2D eigenvalue weighted by atomic mass is 16.5. The van der Waals surface area contributed by atoms with Gasteiger partial charge in [0.05, 0.1) is 14.2 Å². The quantitative estimate of drug-likeness (QED) is 0.517. The number of ether oxygens (including phenoxy) is 3. The molecule has 0 unspecified atom stereocenters. The van der Waals surface area contributed by atoms with Gasteiger partial charge in [-0.3, -0.25) is 4.79 Å². The minimum atomic E-state index is -0.0560. The fourth-order valence-corrected chi connectivity index (χ4v) is 3.83. The Hall–Kier alpha value is -3.73. The molecule has 164 valence electrons. The molecule has 1 aliphatic heterocycles. The number of benzene rings is 3. The molecule has 1 heterocycles. The van der Waals surface area contributed by atoms with Crippen LogP contribution < -0.4 is 14.2 Å². The summed E-state index contributed by atoms with van der Waals surface area (Å²) < 4.78 is 17.1. The molecule has 0 bridgehead atoms. The van der Waals surface area contributed by atoms with Crippen LogP contribution in [-0.4, -0.2) is 38.1 Å². The smallest absolute Gasteiger partial charge is 0.254 e. The first-order valence-corrected chi connectivity index (χ1v) is 10.7. The maximum absolute atomic E-state index is 13.2. The van der Waals surface area contributed by atoms with Crippen LogP contribution in [0.2, 0.25) is 0 Å². The third kappa shape index (κ3) is 4.78. The van der Waals surface area contributed by atoms with Gasteiger partial charge in [-0.1, -0.05) is 66.7 Å². The SMILES string of the molecule is COc1cc(C(=O)N2CC=C(c3ccccc3)CC2)cc(OC)c1OCc1ccccc1. The van der Waals surface area contributed by atoms with Crippen molar-refractivity contribution in [3.8, 4) is 17.2 Å². The number of hydrogen-bond acceptors (Lipinski definition) is 4. The van der Waals surface area contributed by atoms with E-state index in [1.54, 1.807) is 26.4 Å². The van der Waals surface area contributed by atoms with Gasteiger partial charge in [0.15, 0.2) is 11.5 Å². The Morgan fingerprint density at radius 1 is 0.906 bits per heavy atom. The molecule has 5 heteroatoms. The van der Waals surface area contributed by atoms with Crippen molar-refractivity contribution in [3.05, 3.63) is 95.6 Å². The predicted molar refractivity (Wildman–Crippen MR) is 125 cm³/mol. The van der Waals surface area contributed by atoms with Gasteiger partial charge >= 0.3 is 0 Å². The Morgan fingerprint density at radius 3 is 2.09 bits per heavy atom. The molecule has 0 atom stereocenters. The molecule has 0 radical (unpaired) electrons. The van der Waals surface area contributed by atoms with E-state index < -0.39 is 0 Å². The fraction of sp³-hybridized carbons (Fsp3) is 0.222. The van der Waals surface area contributed by atoms with E-state index in [0.29, 0.717) is 42.5 Å². The second-order valence-electron chi connectivity index (χ2n) is 7.58. The van der Waals surface area contributed by atoms with Gasteiger partial charge in [-0.2, -0.15) is 0 Å². The number of carbonyl (C=O) groups excluding carboxylic acids is 1. The van der Waals surface area contributed by atoms with E-state index >= 15 is 0 Å². The normalized spacial score (nSPS) is 13.3. The number of methoxy groups -OCH3 is 2. The number of carbonyl (C=O) groups is 1. The van der Waals surface area contributed by atoms with Crippen LogP contribution >= 0.6 is 0 Å². The number of hydrogen-bond donors (Lipinski definition) is 0. The topological polar surface area (TPSA) is 48.0 Å². The Morgan fingerprint density at radius 2 is 1.53 bits per heavy atom. The lowest BCUT2D eigenvalue weighted by Gasteiger charge is -2.27. The van der Waals surface area contributed by atoms with E-state index in [9.17, 15) is 4.79 Å². The van der Waals surface area contributed by atoms with Gasteiger partial charge in [0.2, 0.25) is 5.75 Å². The standard InChI is InChI=1S/C27H27NO4/c1-30-24-17-23(18-25(31-2)26(24)32-19-20-9-5-3-6-10-20)27(29)28-15-13-22(14-16-28)21-11-7-4-8-12-21/h3-13,17-18H,14-16,19H2,1-2H3. The zero-order valence-corrected chi connectivity index (χ0v) is 18.4. The predicted octanol–water partition coefficient (Wildman–Crippen LogP) is 5.21.